The van der Waals surface area contributed by atoms with Crippen LogP contribution in [0.15, 0.2) is 0 Å². The van der Waals surface area contributed by atoms with Gasteiger partial charge in [-0.3, -0.25) is 0 Å². The first kappa shape index (κ1) is 10.1. The molecular weight excluding hydrogens is 208 g/mol. The van der Waals surface area contributed by atoms with Gasteiger partial charge in [0.05, 0.1) is 0 Å². The maximum atomic E-state index is 11.1. The smallest absolute Gasteiger partial charge is 0.354 e. The molecule has 0 aromatic carbocycles. The summed E-state index contributed by atoms with van der Waals surface area (Å²) in [5.41, 5.74) is -0.466. The molecule has 0 aromatic heterocycles. The molecule has 4 aliphatic rings. The van der Waals surface area contributed by atoms with Gasteiger partial charge in [-0.25, -0.2) is 4.79 Å². The second-order valence-corrected chi connectivity index (χ2v) is 5.78. The zero-order valence-corrected chi connectivity index (χ0v) is 9.11. The van der Waals surface area contributed by atoms with Crippen molar-refractivity contribution in [1.82, 2.24) is 0 Å². The normalized spacial score (nSPS) is 44.4. The lowest BCUT2D eigenvalue weighted by atomic mass is 9.54. The maximum absolute atomic E-state index is 11.1. The van der Waals surface area contributed by atoms with Crippen LogP contribution in [-0.2, 0) is 14.3 Å². The van der Waals surface area contributed by atoms with Crippen LogP contribution in [0.25, 0.3) is 0 Å². The Balaban J connectivity index is 1.78. The summed E-state index contributed by atoms with van der Waals surface area (Å²) in [6.07, 6.45) is 6.29. The van der Waals surface area contributed by atoms with Gasteiger partial charge in [0.15, 0.2) is 5.97 Å². The molecule has 0 heterocycles. The third-order valence-electron chi connectivity index (χ3n) is 4.46. The molecule has 0 aliphatic heterocycles. The van der Waals surface area contributed by atoms with Crippen LogP contribution < -0.4 is 5.11 Å². The Morgan fingerprint density at radius 1 is 1.00 bits per heavy atom. The zero-order chi connectivity index (χ0) is 11.3. The summed E-state index contributed by atoms with van der Waals surface area (Å²) >= 11 is 0. The van der Waals surface area contributed by atoms with Gasteiger partial charge >= 0.3 is 5.97 Å². The topological polar surface area (TPSA) is 66.4 Å². The number of carbonyl (C=O) groups excluding carboxylic acids is 2. The number of esters is 1. The van der Waals surface area contributed by atoms with E-state index < -0.39 is 17.5 Å². The van der Waals surface area contributed by atoms with Gasteiger partial charge in [-0.1, -0.05) is 0 Å². The highest BCUT2D eigenvalue weighted by Crippen LogP contribution is 2.57. The highest BCUT2D eigenvalue weighted by atomic mass is 16.6. The molecule has 0 saturated heterocycles. The molecule has 4 bridgehead atoms. The van der Waals surface area contributed by atoms with E-state index in [0.29, 0.717) is 17.8 Å². The van der Waals surface area contributed by atoms with Gasteiger partial charge in [0.25, 0.3) is 0 Å². The van der Waals surface area contributed by atoms with E-state index in [1.54, 1.807) is 0 Å². The Kier molecular flexibility index (Phi) is 2.03. The van der Waals surface area contributed by atoms with Crippen molar-refractivity contribution >= 4 is 11.9 Å². The van der Waals surface area contributed by atoms with Gasteiger partial charge in [0.2, 0.25) is 0 Å². The van der Waals surface area contributed by atoms with Crippen molar-refractivity contribution in [3.8, 4) is 0 Å². The summed E-state index contributed by atoms with van der Waals surface area (Å²) in [4.78, 5) is 21.6. The average Bonchev–Trinajstić information content (AvgIpc) is 2.13. The van der Waals surface area contributed by atoms with Crippen molar-refractivity contribution in [3.63, 3.8) is 0 Å². The minimum atomic E-state index is -1.71. The van der Waals surface area contributed by atoms with Crippen LogP contribution in [0.2, 0.25) is 0 Å². The third-order valence-corrected chi connectivity index (χ3v) is 4.46. The fourth-order valence-corrected chi connectivity index (χ4v) is 4.39. The molecular formula is C12H15O4-. The van der Waals surface area contributed by atoms with Crippen molar-refractivity contribution in [2.75, 3.05) is 0 Å². The zero-order valence-electron chi connectivity index (χ0n) is 9.11. The molecule has 0 aromatic rings. The lowest BCUT2D eigenvalue weighted by molar-refractivity contribution is -0.306. The molecule has 4 nitrogen and oxygen atoms in total. The first-order valence-electron chi connectivity index (χ1n) is 6.01. The molecule has 0 N–H and O–H groups in total. The SMILES string of the molecule is O=C([O-])C(=O)OC12CC3CC(CC(C3)C1)C2. The number of hydrogen-bond acceptors (Lipinski definition) is 4. The second-order valence-electron chi connectivity index (χ2n) is 5.78. The molecule has 4 aliphatic carbocycles. The number of rotatable bonds is 1. The molecule has 4 heteroatoms. The minimum absolute atomic E-state index is 0.466. The van der Waals surface area contributed by atoms with Crippen molar-refractivity contribution in [2.24, 2.45) is 17.8 Å². The predicted octanol–water partition coefficient (Wildman–Crippen LogP) is 0.248. The van der Waals surface area contributed by atoms with Crippen LogP contribution in [0, 0.1) is 17.8 Å². The molecule has 4 saturated carbocycles. The minimum Gasteiger partial charge on any atom is -0.539 e. The lowest BCUT2D eigenvalue weighted by Crippen LogP contribution is -2.54. The molecule has 0 spiro atoms. The van der Waals surface area contributed by atoms with E-state index in [-0.39, 0.29) is 0 Å². The van der Waals surface area contributed by atoms with Crippen molar-refractivity contribution in [1.29, 1.82) is 0 Å². The Labute approximate surface area is 94.0 Å². The van der Waals surface area contributed by atoms with Crippen molar-refractivity contribution in [2.45, 2.75) is 44.1 Å². The van der Waals surface area contributed by atoms with Crippen molar-refractivity contribution in [3.05, 3.63) is 0 Å². The van der Waals surface area contributed by atoms with Gasteiger partial charge in [-0.2, -0.15) is 0 Å². The highest BCUT2D eigenvalue weighted by molar-refractivity contribution is 6.27. The first-order chi connectivity index (χ1) is 7.56. The molecule has 16 heavy (non-hydrogen) atoms. The maximum Gasteiger partial charge on any atom is 0.354 e. The monoisotopic (exact) mass is 223 g/mol. The lowest BCUT2D eigenvalue weighted by Gasteiger charge is -2.55. The van der Waals surface area contributed by atoms with E-state index in [1.165, 1.54) is 19.3 Å². The van der Waals surface area contributed by atoms with E-state index in [2.05, 4.69) is 0 Å². The van der Waals surface area contributed by atoms with Crippen molar-refractivity contribution < 1.29 is 19.4 Å². The highest BCUT2D eigenvalue weighted by Gasteiger charge is 2.53. The number of carbonyl (C=O) groups is 2. The van der Waals surface area contributed by atoms with Crippen LogP contribution in [0.5, 0.6) is 0 Å². The second kappa shape index (κ2) is 3.22. The molecule has 0 amide bonds. The number of aliphatic carboxylic acids is 1. The summed E-state index contributed by atoms with van der Waals surface area (Å²) in [6, 6.07) is 0. The van der Waals surface area contributed by atoms with E-state index in [4.69, 9.17) is 4.74 Å². The summed E-state index contributed by atoms with van der Waals surface area (Å²) in [5, 5.41) is 10.4. The van der Waals surface area contributed by atoms with Gasteiger partial charge in [-0.05, 0) is 56.3 Å². The van der Waals surface area contributed by atoms with E-state index >= 15 is 0 Å². The predicted molar refractivity (Wildman–Crippen MR) is 52.0 cm³/mol. The Morgan fingerprint density at radius 3 is 1.81 bits per heavy atom. The number of carboxylic acid groups (broad SMARTS) is 1. The molecule has 0 radical (unpaired) electrons. The molecule has 0 atom stereocenters. The number of hydrogen-bond donors (Lipinski definition) is 0. The summed E-state index contributed by atoms with van der Waals surface area (Å²) in [7, 11) is 0. The molecule has 88 valence electrons. The fraction of sp³-hybridized carbons (Fsp3) is 0.833. The van der Waals surface area contributed by atoms with E-state index in [0.717, 1.165) is 19.3 Å². The van der Waals surface area contributed by atoms with Gasteiger partial charge in [0.1, 0.15) is 5.60 Å². The van der Waals surface area contributed by atoms with Gasteiger partial charge < -0.3 is 14.6 Å². The largest absolute Gasteiger partial charge is 0.539 e. The van der Waals surface area contributed by atoms with E-state index in [9.17, 15) is 14.7 Å². The average molecular weight is 223 g/mol. The Bertz CT molecular complexity index is 312. The standard InChI is InChI=1S/C12H16O4/c13-10(14)11(15)16-12-4-7-1-8(5-12)3-9(2-7)6-12/h7-9H,1-6H2,(H,13,14)/p-1. The fourth-order valence-electron chi connectivity index (χ4n) is 4.39. The van der Waals surface area contributed by atoms with Crippen LogP contribution in [0.4, 0.5) is 0 Å². The Hall–Kier alpha value is -1.06. The number of ether oxygens (including phenoxy) is 1. The third kappa shape index (κ3) is 1.51. The van der Waals surface area contributed by atoms with E-state index in [1.807, 2.05) is 0 Å². The Morgan fingerprint density at radius 2 is 1.44 bits per heavy atom. The summed E-state index contributed by atoms with van der Waals surface area (Å²) < 4.78 is 5.21. The summed E-state index contributed by atoms with van der Waals surface area (Å²) in [6.45, 7) is 0. The molecule has 0 unspecified atom stereocenters. The van der Waals surface area contributed by atoms with Crippen LogP contribution in [0.1, 0.15) is 38.5 Å². The number of carboxylic acids is 1. The first-order valence-corrected chi connectivity index (χ1v) is 6.01. The van der Waals surface area contributed by atoms with Crippen LogP contribution in [0.3, 0.4) is 0 Å². The molecule has 4 rings (SSSR count). The quantitative estimate of drug-likeness (QED) is 0.472. The van der Waals surface area contributed by atoms with Crippen LogP contribution in [-0.4, -0.2) is 17.5 Å². The van der Waals surface area contributed by atoms with Gasteiger partial charge in [0, 0.05) is 0 Å². The van der Waals surface area contributed by atoms with Gasteiger partial charge in [-0.15, -0.1) is 0 Å². The summed E-state index contributed by atoms with van der Waals surface area (Å²) in [5.74, 6) is -0.972. The van der Waals surface area contributed by atoms with Crippen LogP contribution >= 0.6 is 0 Å². The molecule has 4 fully saturated rings.